The van der Waals surface area contributed by atoms with Crippen LogP contribution in [-0.2, 0) is 31.4 Å². The van der Waals surface area contributed by atoms with E-state index in [0.29, 0.717) is 30.2 Å². The molecule has 1 aliphatic rings. The van der Waals surface area contributed by atoms with E-state index in [1.54, 1.807) is 0 Å². The van der Waals surface area contributed by atoms with Crippen LogP contribution in [0.15, 0.2) is 40.9 Å². The van der Waals surface area contributed by atoms with Crippen LogP contribution in [-0.4, -0.2) is 11.1 Å². The normalized spacial score (nSPS) is 14.5. The number of carbonyl (C=O) groups excluding carboxylic acids is 1. The van der Waals surface area contributed by atoms with Gasteiger partial charge < -0.3 is 9.84 Å². The Balaban J connectivity index is 1.78. The van der Waals surface area contributed by atoms with Crippen molar-refractivity contribution >= 4 is 11.6 Å². The minimum Gasteiger partial charge on any atom is -0.356 e. The molecule has 1 N–H and O–H groups in total. The maximum Gasteiger partial charge on any atom is 0.417 e. The van der Waals surface area contributed by atoms with Crippen LogP contribution in [0.4, 0.5) is 45.2 Å². The number of alkyl halides is 9. The predicted octanol–water partition coefficient (Wildman–Crippen LogP) is 7.53. The van der Waals surface area contributed by atoms with E-state index in [-0.39, 0.29) is 29.5 Å². The van der Waals surface area contributed by atoms with Crippen molar-refractivity contribution in [3.63, 3.8) is 0 Å². The highest BCUT2D eigenvalue weighted by molar-refractivity contribution is 6.06. The molecule has 0 atom stereocenters. The number of anilines is 1. The van der Waals surface area contributed by atoms with Gasteiger partial charge in [0.15, 0.2) is 5.76 Å². The van der Waals surface area contributed by atoms with Gasteiger partial charge >= 0.3 is 18.5 Å². The molecule has 3 aromatic rings. The Kier molecular flexibility index (Phi) is 6.29. The summed E-state index contributed by atoms with van der Waals surface area (Å²) >= 11 is 0. The van der Waals surface area contributed by atoms with Crippen molar-refractivity contribution in [1.82, 2.24) is 5.16 Å². The second kappa shape index (κ2) is 8.86. The Bertz CT molecular complexity index is 1300. The van der Waals surface area contributed by atoms with E-state index >= 15 is 0 Å². The largest absolute Gasteiger partial charge is 0.417 e. The number of aryl methyl sites for hydroxylation is 1. The Hall–Kier alpha value is -3.51. The van der Waals surface area contributed by atoms with Crippen molar-refractivity contribution < 1.29 is 48.8 Å². The molecule has 1 aromatic heterocycles. The highest BCUT2D eigenvalue weighted by atomic mass is 19.4. The third-order valence-electron chi connectivity index (χ3n) is 5.64. The Morgan fingerprint density at radius 1 is 0.806 bits per heavy atom. The molecule has 0 saturated heterocycles. The monoisotopic (exact) mass is 522 g/mol. The summed E-state index contributed by atoms with van der Waals surface area (Å²) in [7, 11) is 0. The Morgan fingerprint density at radius 2 is 1.47 bits per heavy atom. The molecule has 0 aliphatic heterocycles. The van der Waals surface area contributed by atoms with Crippen LogP contribution in [0.5, 0.6) is 0 Å². The number of aromatic nitrogens is 1. The molecular formula is C23H15F9N2O2. The second-order valence-electron chi connectivity index (χ2n) is 8.15. The fourth-order valence-corrected chi connectivity index (χ4v) is 3.97. The summed E-state index contributed by atoms with van der Waals surface area (Å²) in [5, 5.41) is 5.74. The number of amides is 1. The fourth-order valence-electron chi connectivity index (χ4n) is 3.97. The van der Waals surface area contributed by atoms with Crippen LogP contribution in [0.3, 0.4) is 0 Å². The first-order valence-electron chi connectivity index (χ1n) is 10.4. The number of nitrogens with zero attached hydrogens (tertiary/aromatic N) is 1. The van der Waals surface area contributed by atoms with Crippen molar-refractivity contribution in [2.45, 2.75) is 44.2 Å². The minimum atomic E-state index is -5.20. The standard InChI is InChI=1S/C23H15F9N2O2/c24-21(25,26)12-5-6-17(23(30,31)32)16(10-12)20(35)33-14-8-11(7-13(9-14)22(27,28)29)19-15-3-1-2-4-18(15)34-36-19/h5-10H,1-4H2,(H,33,35). The number of carbonyl (C=O) groups is 1. The van der Waals surface area contributed by atoms with E-state index in [1.165, 1.54) is 0 Å². The Morgan fingerprint density at radius 3 is 2.11 bits per heavy atom. The molecule has 0 saturated carbocycles. The number of hydrogen-bond acceptors (Lipinski definition) is 3. The first-order valence-corrected chi connectivity index (χ1v) is 10.4. The van der Waals surface area contributed by atoms with E-state index in [1.807, 2.05) is 5.32 Å². The molecular weight excluding hydrogens is 507 g/mol. The molecule has 36 heavy (non-hydrogen) atoms. The third kappa shape index (κ3) is 5.19. The fraction of sp³-hybridized carbons (Fsp3) is 0.304. The van der Waals surface area contributed by atoms with Gasteiger partial charge in [-0.15, -0.1) is 0 Å². The summed E-state index contributed by atoms with van der Waals surface area (Å²) in [5.41, 5.74) is -5.44. The summed E-state index contributed by atoms with van der Waals surface area (Å²) in [5.74, 6) is -1.65. The van der Waals surface area contributed by atoms with Crippen molar-refractivity contribution in [1.29, 1.82) is 0 Å². The third-order valence-corrected chi connectivity index (χ3v) is 5.64. The zero-order chi connectivity index (χ0) is 26.5. The molecule has 4 rings (SSSR count). The second-order valence-corrected chi connectivity index (χ2v) is 8.15. The molecule has 192 valence electrons. The molecule has 1 amide bonds. The summed E-state index contributed by atoms with van der Waals surface area (Å²) < 4.78 is 125. The number of halogens is 9. The smallest absolute Gasteiger partial charge is 0.356 e. The highest BCUT2D eigenvalue weighted by Crippen LogP contribution is 2.39. The zero-order valence-electron chi connectivity index (χ0n) is 18.0. The maximum absolute atomic E-state index is 13.6. The lowest BCUT2D eigenvalue weighted by atomic mass is 9.93. The number of benzene rings is 2. The molecule has 0 radical (unpaired) electrons. The number of rotatable bonds is 3. The van der Waals surface area contributed by atoms with Crippen molar-refractivity contribution in [3.8, 4) is 11.3 Å². The van der Waals surface area contributed by atoms with E-state index in [4.69, 9.17) is 4.52 Å². The van der Waals surface area contributed by atoms with Crippen LogP contribution in [0.1, 0.15) is 51.1 Å². The summed E-state index contributed by atoms with van der Waals surface area (Å²) in [4.78, 5) is 12.7. The van der Waals surface area contributed by atoms with Gasteiger partial charge in [0, 0.05) is 16.8 Å². The van der Waals surface area contributed by atoms with Gasteiger partial charge in [-0.1, -0.05) is 5.16 Å². The number of nitrogens with one attached hydrogen (secondary N) is 1. The van der Waals surface area contributed by atoms with E-state index in [2.05, 4.69) is 5.16 Å². The molecule has 2 aromatic carbocycles. The topological polar surface area (TPSA) is 55.1 Å². The van der Waals surface area contributed by atoms with E-state index in [9.17, 15) is 44.3 Å². The molecule has 1 aliphatic carbocycles. The van der Waals surface area contributed by atoms with E-state index in [0.717, 1.165) is 25.0 Å². The molecule has 1 heterocycles. The average Bonchev–Trinajstić information content (AvgIpc) is 3.21. The number of hydrogen-bond donors (Lipinski definition) is 1. The van der Waals surface area contributed by atoms with Crippen LogP contribution in [0.25, 0.3) is 11.3 Å². The average molecular weight is 522 g/mol. The Labute approximate surface area is 197 Å². The molecule has 13 heteroatoms. The predicted molar refractivity (Wildman–Crippen MR) is 108 cm³/mol. The van der Waals surface area contributed by atoms with Gasteiger partial charge in [-0.2, -0.15) is 39.5 Å². The first-order chi connectivity index (χ1) is 16.6. The zero-order valence-corrected chi connectivity index (χ0v) is 18.0. The van der Waals surface area contributed by atoms with E-state index < -0.39 is 52.4 Å². The molecule has 0 spiro atoms. The molecule has 0 fully saturated rings. The maximum atomic E-state index is 13.6. The molecule has 4 nitrogen and oxygen atoms in total. The van der Waals surface area contributed by atoms with Crippen LogP contribution < -0.4 is 5.32 Å². The van der Waals surface area contributed by atoms with Gasteiger partial charge in [-0.05, 0) is 62.1 Å². The van der Waals surface area contributed by atoms with Crippen LogP contribution in [0, 0.1) is 0 Å². The van der Waals surface area contributed by atoms with Gasteiger partial charge in [0.1, 0.15) is 0 Å². The van der Waals surface area contributed by atoms with Gasteiger partial charge in [-0.25, -0.2) is 0 Å². The molecule has 0 unspecified atom stereocenters. The lowest BCUT2D eigenvalue weighted by Crippen LogP contribution is -2.20. The minimum absolute atomic E-state index is 0.000491. The quantitative estimate of drug-likeness (QED) is 0.362. The molecule has 0 bridgehead atoms. The van der Waals surface area contributed by atoms with Gasteiger partial charge in [0.25, 0.3) is 5.91 Å². The summed E-state index contributed by atoms with van der Waals surface area (Å²) in [6.45, 7) is 0. The summed E-state index contributed by atoms with van der Waals surface area (Å²) in [6, 6.07) is 2.48. The lowest BCUT2D eigenvalue weighted by molar-refractivity contribution is -0.141. The van der Waals surface area contributed by atoms with Crippen molar-refractivity contribution in [2.24, 2.45) is 0 Å². The summed E-state index contributed by atoms with van der Waals surface area (Å²) in [6.07, 6.45) is -12.6. The van der Waals surface area contributed by atoms with Crippen LogP contribution >= 0.6 is 0 Å². The van der Waals surface area contributed by atoms with Crippen LogP contribution in [0.2, 0.25) is 0 Å². The SMILES string of the molecule is O=C(Nc1cc(-c2onc3c2CCCC3)cc(C(F)(F)F)c1)c1cc(C(F)(F)F)ccc1C(F)(F)F. The lowest BCUT2D eigenvalue weighted by Gasteiger charge is -2.17. The van der Waals surface area contributed by atoms with Crippen molar-refractivity contribution in [3.05, 3.63) is 69.9 Å². The number of fused-ring (bicyclic) bond motifs is 1. The van der Waals surface area contributed by atoms with Gasteiger partial charge in [-0.3, -0.25) is 4.79 Å². The van der Waals surface area contributed by atoms with Gasteiger partial charge in [0.2, 0.25) is 0 Å². The van der Waals surface area contributed by atoms with Crippen molar-refractivity contribution in [2.75, 3.05) is 5.32 Å². The highest BCUT2D eigenvalue weighted by Gasteiger charge is 2.39. The van der Waals surface area contributed by atoms with Gasteiger partial charge in [0.05, 0.1) is 27.9 Å². The first kappa shape index (κ1) is 25.6.